The fraction of sp³-hybridized carbons (Fsp3) is 0.190. The maximum atomic E-state index is 13.9. The third-order valence-electron chi connectivity index (χ3n) is 4.41. The van der Waals surface area contributed by atoms with E-state index in [9.17, 15) is 32.3 Å². The van der Waals surface area contributed by atoms with Crippen molar-refractivity contribution in [3.63, 3.8) is 0 Å². The van der Waals surface area contributed by atoms with Gasteiger partial charge in [-0.05, 0) is 31.2 Å². The zero-order valence-corrected chi connectivity index (χ0v) is 17.4. The van der Waals surface area contributed by atoms with Crippen molar-refractivity contribution in [3.05, 3.63) is 65.1 Å². The van der Waals surface area contributed by atoms with Gasteiger partial charge in [0.1, 0.15) is 11.6 Å². The molecule has 0 bridgehead atoms. The molecule has 0 aliphatic rings. The summed E-state index contributed by atoms with van der Waals surface area (Å²) in [6, 6.07) is 6.06. The second-order valence-electron chi connectivity index (χ2n) is 6.79. The van der Waals surface area contributed by atoms with Crippen molar-refractivity contribution in [2.24, 2.45) is 5.73 Å². The molecule has 9 nitrogen and oxygen atoms in total. The minimum absolute atomic E-state index is 0.0130. The number of amides is 2. The first-order valence-corrected chi connectivity index (χ1v) is 9.52. The van der Waals surface area contributed by atoms with Crippen LogP contribution in [-0.4, -0.2) is 28.7 Å². The average Bonchev–Trinajstić information content (AvgIpc) is 3.19. The van der Waals surface area contributed by atoms with E-state index in [1.807, 2.05) is 0 Å². The number of halogens is 4. The van der Waals surface area contributed by atoms with Crippen molar-refractivity contribution >= 4 is 12.0 Å². The largest absolute Gasteiger partial charge is 0.504 e. The van der Waals surface area contributed by atoms with Crippen LogP contribution < -0.4 is 15.8 Å². The average molecular weight is 483 g/mol. The van der Waals surface area contributed by atoms with Gasteiger partial charge in [0.25, 0.3) is 5.91 Å². The zero-order chi connectivity index (χ0) is 25.0. The van der Waals surface area contributed by atoms with Crippen LogP contribution in [0.2, 0.25) is 0 Å². The Kier molecular flexibility index (Phi) is 7.24. The number of aromatic nitrogens is 1. The monoisotopic (exact) mass is 483 g/mol. The second-order valence-corrected chi connectivity index (χ2v) is 6.79. The van der Waals surface area contributed by atoms with Crippen LogP contribution in [0.1, 0.15) is 34.8 Å². The lowest BCUT2D eigenvalue weighted by Crippen LogP contribution is -2.26. The number of nitrogens with one attached hydrogen (secondary N) is 1. The smallest absolute Gasteiger partial charge is 0.405 e. The molecule has 0 aliphatic carbocycles. The molecule has 4 N–H and O–H groups in total. The number of hydrogen-bond acceptors (Lipinski definition) is 7. The van der Waals surface area contributed by atoms with Crippen molar-refractivity contribution in [2.75, 3.05) is 0 Å². The molecule has 1 heterocycles. The zero-order valence-electron chi connectivity index (χ0n) is 17.4. The highest BCUT2D eigenvalue weighted by Gasteiger charge is 2.27. The van der Waals surface area contributed by atoms with Crippen LogP contribution in [0.15, 0.2) is 40.8 Å². The molecule has 0 saturated heterocycles. The van der Waals surface area contributed by atoms with E-state index < -0.39 is 47.8 Å². The van der Waals surface area contributed by atoms with Gasteiger partial charge in [0.2, 0.25) is 5.89 Å². The molecule has 180 valence electrons. The lowest BCUT2D eigenvalue weighted by Gasteiger charge is -2.10. The van der Waals surface area contributed by atoms with Crippen LogP contribution in [0.4, 0.5) is 22.4 Å². The van der Waals surface area contributed by atoms with Crippen molar-refractivity contribution in [1.82, 2.24) is 10.3 Å². The lowest BCUT2D eigenvalue weighted by molar-refractivity contribution is -0.0512. The number of aromatic hydroxyl groups is 1. The Morgan fingerprint density at radius 1 is 1.21 bits per heavy atom. The van der Waals surface area contributed by atoms with Crippen LogP contribution in [0.3, 0.4) is 0 Å². The van der Waals surface area contributed by atoms with Gasteiger partial charge in [-0.15, -0.1) is 0 Å². The summed E-state index contributed by atoms with van der Waals surface area (Å²) in [5, 5.41) is 12.3. The van der Waals surface area contributed by atoms with E-state index in [-0.39, 0.29) is 35.0 Å². The summed E-state index contributed by atoms with van der Waals surface area (Å²) >= 11 is 0. The molecule has 1 aromatic heterocycles. The summed E-state index contributed by atoms with van der Waals surface area (Å²) in [5.74, 6) is -4.18. The van der Waals surface area contributed by atoms with Gasteiger partial charge in [0, 0.05) is 23.7 Å². The fourth-order valence-electron chi connectivity index (χ4n) is 2.89. The van der Waals surface area contributed by atoms with Gasteiger partial charge in [0.15, 0.2) is 29.1 Å². The SMILES string of the molecule is CC(OC(N)=O)c1oc(-c2ccc(OC(F)F)c(O)c2)nc1C(=O)NCc1ccc(F)cc1F. The van der Waals surface area contributed by atoms with Crippen molar-refractivity contribution < 1.29 is 46.1 Å². The molecule has 13 heteroatoms. The Morgan fingerprint density at radius 3 is 2.56 bits per heavy atom. The summed E-state index contributed by atoms with van der Waals surface area (Å²) in [6.07, 6.45) is -2.35. The Balaban J connectivity index is 1.91. The van der Waals surface area contributed by atoms with E-state index in [1.165, 1.54) is 13.0 Å². The van der Waals surface area contributed by atoms with Crippen LogP contribution in [-0.2, 0) is 11.3 Å². The first-order valence-electron chi connectivity index (χ1n) is 9.52. The number of benzene rings is 2. The highest BCUT2D eigenvalue weighted by Crippen LogP contribution is 2.34. The first kappa shape index (κ1) is 24.4. The van der Waals surface area contributed by atoms with Gasteiger partial charge in [-0.25, -0.2) is 18.6 Å². The fourth-order valence-corrected chi connectivity index (χ4v) is 2.89. The number of ether oxygens (including phenoxy) is 2. The molecule has 3 rings (SSSR count). The molecular formula is C21H17F4N3O6. The number of nitrogens with zero attached hydrogens (tertiary/aromatic N) is 1. The highest BCUT2D eigenvalue weighted by atomic mass is 19.3. The van der Waals surface area contributed by atoms with Gasteiger partial charge in [0.05, 0.1) is 0 Å². The molecule has 0 fully saturated rings. The number of carbonyl (C=O) groups is 2. The molecule has 2 aromatic carbocycles. The van der Waals surface area contributed by atoms with Gasteiger partial charge >= 0.3 is 12.7 Å². The maximum Gasteiger partial charge on any atom is 0.405 e. The number of rotatable bonds is 8. The number of oxazole rings is 1. The quantitative estimate of drug-likeness (QED) is 0.412. The van der Waals surface area contributed by atoms with Crippen molar-refractivity contribution in [1.29, 1.82) is 0 Å². The van der Waals surface area contributed by atoms with E-state index >= 15 is 0 Å². The Morgan fingerprint density at radius 2 is 1.94 bits per heavy atom. The Labute approximate surface area is 189 Å². The molecular weight excluding hydrogens is 466 g/mol. The molecule has 0 spiro atoms. The lowest BCUT2D eigenvalue weighted by atomic mass is 10.2. The summed E-state index contributed by atoms with van der Waals surface area (Å²) in [4.78, 5) is 27.9. The van der Waals surface area contributed by atoms with Crippen LogP contribution in [0.5, 0.6) is 11.5 Å². The number of nitrogens with two attached hydrogens (primary N) is 1. The summed E-state index contributed by atoms with van der Waals surface area (Å²) < 4.78 is 66.2. The number of hydrogen-bond donors (Lipinski definition) is 3. The Hall–Kier alpha value is -4.29. The van der Waals surface area contributed by atoms with Crippen LogP contribution in [0.25, 0.3) is 11.5 Å². The van der Waals surface area contributed by atoms with Gasteiger partial charge in [-0.1, -0.05) is 6.07 Å². The minimum atomic E-state index is -3.17. The van der Waals surface area contributed by atoms with E-state index in [0.717, 1.165) is 24.3 Å². The Bertz CT molecular complexity index is 1220. The number of phenols is 1. The third kappa shape index (κ3) is 5.74. The third-order valence-corrected chi connectivity index (χ3v) is 4.41. The van der Waals surface area contributed by atoms with Gasteiger partial charge in [-0.3, -0.25) is 4.79 Å². The highest BCUT2D eigenvalue weighted by molar-refractivity contribution is 5.94. The normalized spacial score (nSPS) is 11.8. The molecule has 3 aromatic rings. The summed E-state index contributed by atoms with van der Waals surface area (Å²) in [7, 11) is 0. The minimum Gasteiger partial charge on any atom is -0.504 e. The number of primary amides is 1. The standard InChI is InChI=1S/C21H17F4N3O6/c1-9(32-21(26)31)17-16(18(30)27-8-11-2-4-12(22)7-13(11)23)28-19(34-17)10-3-5-15(14(29)6-10)33-20(24)25/h2-7,9,20,29H,8H2,1H3,(H2,26,31)(H,27,30). The summed E-state index contributed by atoms with van der Waals surface area (Å²) in [5.41, 5.74) is 4.70. The van der Waals surface area contributed by atoms with E-state index in [1.54, 1.807) is 0 Å². The molecule has 0 saturated carbocycles. The molecule has 1 unspecified atom stereocenters. The molecule has 34 heavy (non-hydrogen) atoms. The number of phenolic OH excluding ortho intramolecular Hbond substituents is 1. The number of alkyl halides is 2. The van der Waals surface area contributed by atoms with Crippen molar-refractivity contribution in [2.45, 2.75) is 26.2 Å². The molecule has 1 atom stereocenters. The topological polar surface area (TPSA) is 137 Å². The molecule has 0 radical (unpaired) electrons. The first-order chi connectivity index (χ1) is 16.0. The molecule has 2 amide bonds. The van der Waals surface area contributed by atoms with E-state index in [2.05, 4.69) is 15.0 Å². The van der Waals surface area contributed by atoms with E-state index in [4.69, 9.17) is 14.9 Å². The van der Waals surface area contributed by atoms with Gasteiger partial charge in [-0.2, -0.15) is 8.78 Å². The van der Waals surface area contributed by atoms with Crippen LogP contribution >= 0.6 is 0 Å². The number of carbonyl (C=O) groups excluding carboxylic acids is 2. The van der Waals surface area contributed by atoms with Crippen LogP contribution in [0, 0.1) is 11.6 Å². The van der Waals surface area contributed by atoms with E-state index in [0.29, 0.717) is 6.07 Å². The van der Waals surface area contributed by atoms with Crippen molar-refractivity contribution in [3.8, 4) is 23.0 Å². The van der Waals surface area contributed by atoms with Gasteiger partial charge < -0.3 is 30.0 Å². The maximum absolute atomic E-state index is 13.9. The molecule has 0 aliphatic heterocycles. The predicted octanol–water partition coefficient (Wildman–Crippen LogP) is 4.01. The second kappa shape index (κ2) is 10.1. The predicted molar refractivity (Wildman–Crippen MR) is 107 cm³/mol. The summed E-state index contributed by atoms with van der Waals surface area (Å²) in [6.45, 7) is -2.17.